The number of H-pyrrole nitrogens is 2. The molecule has 2 aliphatic rings. The summed E-state index contributed by atoms with van der Waals surface area (Å²) < 4.78 is 0. The summed E-state index contributed by atoms with van der Waals surface area (Å²) >= 11 is 0. The molecule has 0 unspecified atom stereocenters. The van der Waals surface area contributed by atoms with Gasteiger partial charge in [-0.2, -0.15) is 10.2 Å². The quantitative estimate of drug-likeness (QED) is 0.533. The van der Waals surface area contributed by atoms with E-state index in [4.69, 9.17) is 4.98 Å². The molecule has 1 aromatic carbocycles. The minimum absolute atomic E-state index is 0.0329. The van der Waals surface area contributed by atoms with Crippen molar-refractivity contribution in [3.63, 3.8) is 0 Å². The molecular weight excluding hydrogens is 376 g/mol. The molecule has 4 aromatic rings. The number of nitrogens with zero attached hydrogens (tertiary/aromatic N) is 4. The van der Waals surface area contributed by atoms with Crippen molar-refractivity contribution >= 4 is 27.7 Å². The van der Waals surface area contributed by atoms with E-state index in [9.17, 15) is 4.79 Å². The first kappa shape index (κ1) is 17.6. The van der Waals surface area contributed by atoms with Gasteiger partial charge in [0.1, 0.15) is 0 Å². The van der Waals surface area contributed by atoms with Gasteiger partial charge in [-0.25, -0.2) is 4.98 Å². The number of fused-ring (bicyclic) bond motifs is 5. The third kappa shape index (κ3) is 2.51. The molecular formula is C23H24N6O. The number of aryl methyl sites for hydroxylation is 2. The van der Waals surface area contributed by atoms with Crippen molar-refractivity contribution in [2.45, 2.75) is 45.4 Å². The zero-order valence-electron chi connectivity index (χ0n) is 17.1. The Hall–Kier alpha value is -3.22. The van der Waals surface area contributed by atoms with Gasteiger partial charge in [-0.05, 0) is 68.7 Å². The van der Waals surface area contributed by atoms with Crippen LogP contribution in [0.5, 0.6) is 0 Å². The number of aromatic nitrogens is 5. The van der Waals surface area contributed by atoms with Gasteiger partial charge in [0.15, 0.2) is 5.69 Å². The van der Waals surface area contributed by atoms with E-state index in [1.807, 2.05) is 30.2 Å². The third-order valence-corrected chi connectivity index (χ3v) is 6.68. The standard InChI is InChI=1S/C23H24N6O/c1-13-16(12-24-26-13)21-15-7-3-2-6-14(15)19-17(25-21)8-9-18-20(19)22(28-27-18)23(30)29-10-4-5-11-29/h8-9,12H,2-7,10-11H2,1H3,(H,24,26)(H,27,28). The summed E-state index contributed by atoms with van der Waals surface area (Å²) in [7, 11) is 0. The van der Waals surface area contributed by atoms with Crippen molar-refractivity contribution < 1.29 is 4.79 Å². The predicted molar refractivity (Wildman–Crippen MR) is 115 cm³/mol. The summed E-state index contributed by atoms with van der Waals surface area (Å²) in [5.41, 5.74) is 8.12. The summed E-state index contributed by atoms with van der Waals surface area (Å²) in [6.07, 6.45) is 8.32. The lowest BCUT2D eigenvalue weighted by atomic mass is 9.85. The number of benzene rings is 1. The van der Waals surface area contributed by atoms with Gasteiger partial charge in [-0.1, -0.05) is 0 Å². The molecule has 1 fully saturated rings. The van der Waals surface area contributed by atoms with Crippen LogP contribution in [0, 0.1) is 6.92 Å². The van der Waals surface area contributed by atoms with Crippen molar-refractivity contribution in [3.05, 3.63) is 40.8 Å². The van der Waals surface area contributed by atoms with E-state index in [0.29, 0.717) is 5.69 Å². The number of likely N-dealkylation sites (tertiary alicyclic amines) is 1. The molecule has 1 saturated heterocycles. The predicted octanol–water partition coefficient (Wildman–Crippen LogP) is 3.92. The zero-order valence-corrected chi connectivity index (χ0v) is 17.1. The van der Waals surface area contributed by atoms with Gasteiger partial charge in [0, 0.05) is 35.1 Å². The molecule has 152 valence electrons. The van der Waals surface area contributed by atoms with Crippen LogP contribution in [0.3, 0.4) is 0 Å². The first-order valence-electron chi connectivity index (χ1n) is 10.8. The van der Waals surface area contributed by atoms with Crippen molar-refractivity contribution in [1.29, 1.82) is 0 Å². The first-order valence-corrected chi connectivity index (χ1v) is 10.8. The number of hydrogen-bond acceptors (Lipinski definition) is 4. The highest BCUT2D eigenvalue weighted by Crippen LogP contribution is 2.39. The molecule has 3 aromatic heterocycles. The maximum absolute atomic E-state index is 13.2. The van der Waals surface area contributed by atoms with Crippen molar-refractivity contribution in [3.8, 4) is 11.3 Å². The van der Waals surface area contributed by atoms with Crippen LogP contribution in [0.1, 0.15) is 53.0 Å². The van der Waals surface area contributed by atoms with Crippen LogP contribution < -0.4 is 0 Å². The Morgan fingerprint density at radius 1 is 1.00 bits per heavy atom. The van der Waals surface area contributed by atoms with Crippen molar-refractivity contribution in [1.82, 2.24) is 30.3 Å². The van der Waals surface area contributed by atoms with Crippen LogP contribution >= 0.6 is 0 Å². The lowest BCUT2D eigenvalue weighted by molar-refractivity contribution is 0.0789. The zero-order chi connectivity index (χ0) is 20.2. The summed E-state index contributed by atoms with van der Waals surface area (Å²) in [6, 6.07) is 4.05. The summed E-state index contributed by atoms with van der Waals surface area (Å²) in [4.78, 5) is 20.3. The maximum Gasteiger partial charge on any atom is 0.275 e. The lowest BCUT2D eigenvalue weighted by Gasteiger charge is -2.22. The summed E-state index contributed by atoms with van der Waals surface area (Å²) in [5.74, 6) is 0.0329. The Bertz CT molecular complexity index is 1290. The van der Waals surface area contributed by atoms with Crippen molar-refractivity contribution in [2.24, 2.45) is 0 Å². The Morgan fingerprint density at radius 3 is 2.57 bits per heavy atom. The van der Waals surface area contributed by atoms with Gasteiger partial charge in [-0.15, -0.1) is 0 Å². The van der Waals surface area contributed by atoms with Gasteiger partial charge < -0.3 is 4.90 Å². The van der Waals surface area contributed by atoms with Crippen LogP contribution in [-0.2, 0) is 12.8 Å². The van der Waals surface area contributed by atoms with Gasteiger partial charge >= 0.3 is 0 Å². The van der Waals surface area contributed by atoms with Crippen LogP contribution in [0.4, 0.5) is 0 Å². The topological polar surface area (TPSA) is 90.6 Å². The highest BCUT2D eigenvalue weighted by Gasteiger charge is 2.28. The number of carbonyl (C=O) groups is 1. The Balaban J connectivity index is 1.65. The van der Waals surface area contributed by atoms with E-state index < -0.39 is 0 Å². The molecule has 1 aliphatic carbocycles. The van der Waals surface area contributed by atoms with Crippen LogP contribution in [0.25, 0.3) is 33.1 Å². The van der Waals surface area contributed by atoms with Crippen LogP contribution in [-0.4, -0.2) is 49.3 Å². The molecule has 0 atom stereocenters. The van der Waals surface area contributed by atoms with E-state index in [2.05, 4.69) is 20.4 Å². The fraction of sp³-hybridized carbons (Fsp3) is 0.391. The molecule has 4 heterocycles. The number of carbonyl (C=O) groups excluding carboxylic acids is 1. The normalized spacial score (nSPS) is 16.5. The minimum atomic E-state index is 0.0329. The van der Waals surface area contributed by atoms with E-state index in [1.165, 1.54) is 11.1 Å². The second kappa shape index (κ2) is 6.65. The Morgan fingerprint density at radius 2 is 1.80 bits per heavy atom. The van der Waals surface area contributed by atoms with Crippen LogP contribution in [0.15, 0.2) is 18.3 Å². The van der Waals surface area contributed by atoms with Crippen molar-refractivity contribution in [2.75, 3.05) is 13.1 Å². The summed E-state index contributed by atoms with van der Waals surface area (Å²) in [6.45, 7) is 3.67. The molecule has 0 bridgehead atoms. The number of hydrogen-bond donors (Lipinski definition) is 2. The number of nitrogens with one attached hydrogen (secondary N) is 2. The first-order chi connectivity index (χ1) is 14.7. The smallest absolute Gasteiger partial charge is 0.275 e. The fourth-order valence-corrected chi connectivity index (χ4v) is 5.17. The largest absolute Gasteiger partial charge is 0.337 e. The maximum atomic E-state index is 13.2. The Kier molecular flexibility index (Phi) is 3.91. The molecule has 6 rings (SSSR count). The van der Waals surface area contributed by atoms with Gasteiger partial charge in [-0.3, -0.25) is 15.0 Å². The molecule has 0 radical (unpaired) electrons. The number of rotatable bonds is 2. The van der Waals surface area contributed by atoms with E-state index in [0.717, 1.165) is 90.4 Å². The molecule has 2 N–H and O–H groups in total. The molecule has 0 saturated carbocycles. The minimum Gasteiger partial charge on any atom is -0.337 e. The number of aromatic amines is 2. The number of amides is 1. The molecule has 7 nitrogen and oxygen atoms in total. The SMILES string of the molecule is Cc1[nH]ncc1-c1nc2ccc3[nH]nc(C(=O)N4CCCC4)c3c2c2c1CCCC2. The molecule has 1 amide bonds. The molecule has 7 heteroatoms. The average molecular weight is 400 g/mol. The van der Waals surface area contributed by atoms with Gasteiger partial charge in [0.05, 0.1) is 22.9 Å². The average Bonchev–Trinajstić information content (AvgIpc) is 3.53. The van der Waals surface area contributed by atoms with E-state index in [-0.39, 0.29) is 5.91 Å². The number of pyridine rings is 1. The second-order valence-corrected chi connectivity index (χ2v) is 8.49. The van der Waals surface area contributed by atoms with Gasteiger partial charge in [0.2, 0.25) is 0 Å². The summed E-state index contributed by atoms with van der Waals surface area (Å²) in [5, 5.41) is 16.9. The fourth-order valence-electron chi connectivity index (χ4n) is 5.17. The molecule has 0 spiro atoms. The Labute approximate surface area is 173 Å². The molecule has 30 heavy (non-hydrogen) atoms. The lowest BCUT2D eigenvalue weighted by Crippen LogP contribution is -2.28. The highest BCUT2D eigenvalue weighted by molar-refractivity contribution is 6.17. The molecule has 1 aliphatic heterocycles. The third-order valence-electron chi connectivity index (χ3n) is 6.68. The second-order valence-electron chi connectivity index (χ2n) is 8.49. The van der Waals surface area contributed by atoms with Gasteiger partial charge in [0.25, 0.3) is 5.91 Å². The monoisotopic (exact) mass is 400 g/mol. The van der Waals surface area contributed by atoms with E-state index >= 15 is 0 Å². The van der Waals surface area contributed by atoms with E-state index in [1.54, 1.807) is 0 Å². The van der Waals surface area contributed by atoms with Crippen LogP contribution in [0.2, 0.25) is 0 Å². The highest BCUT2D eigenvalue weighted by atomic mass is 16.2.